The van der Waals surface area contributed by atoms with Crippen molar-refractivity contribution in [2.45, 2.75) is 115 Å². The summed E-state index contributed by atoms with van der Waals surface area (Å²) in [5, 5.41) is -0.606. The normalized spacial score (nSPS) is 15.3. The molecule has 0 bridgehead atoms. The number of hydrogen-bond acceptors (Lipinski definition) is 2. The molecule has 0 heterocycles. The van der Waals surface area contributed by atoms with Crippen LogP contribution in [0.2, 0.25) is 0 Å². The molecule has 2 atom stereocenters. The average Bonchev–Trinajstić information content (AvgIpc) is 2.59. The van der Waals surface area contributed by atoms with Crippen molar-refractivity contribution in [1.82, 2.24) is 0 Å². The lowest BCUT2D eigenvalue weighted by molar-refractivity contribution is -0.910. The van der Waals surface area contributed by atoms with Gasteiger partial charge in [-0.05, 0) is 38.5 Å². The highest BCUT2D eigenvalue weighted by Gasteiger charge is 2.53. The number of quaternary nitrogens is 1. The van der Waals surface area contributed by atoms with Crippen LogP contribution >= 0.6 is 8.03 Å². The summed E-state index contributed by atoms with van der Waals surface area (Å²) >= 11 is 0. The van der Waals surface area contributed by atoms with Crippen molar-refractivity contribution in [3.8, 4) is 0 Å². The first-order chi connectivity index (χ1) is 12.8. The predicted molar refractivity (Wildman–Crippen MR) is 118 cm³/mol. The first kappa shape index (κ1) is 26.8. The van der Waals surface area contributed by atoms with Crippen LogP contribution in [0.25, 0.3) is 0 Å². The molecule has 2 unspecified atom stereocenters. The summed E-state index contributed by atoms with van der Waals surface area (Å²) in [6.07, 6.45) is 22.4. The van der Waals surface area contributed by atoms with Crippen LogP contribution in [-0.4, -0.2) is 30.9 Å². The zero-order valence-corrected chi connectivity index (χ0v) is 19.9. The topological polar surface area (TPSA) is 40.1 Å². The molecule has 27 heavy (non-hydrogen) atoms. The molecule has 0 amide bonds. The molecule has 0 aliphatic heterocycles. The van der Waals surface area contributed by atoms with E-state index in [1.807, 2.05) is 21.1 Å². The molecule has 0 aromatic carbocycles. The van der Waals surface area contributed by atoms with Gasteiger partial charge in [-0.25, -0.2) is 0 Å². The maximum absolute atomic E-state index is 12.0. The second kappa shape index (κ2) is 15.7. The van der Waals surface area contributed by atoms with Crippen LogP contribution in [-0.2, 0) is 4.57 Å². The van der Waals surface area contributed by atoms with E-state index >= 15 is 0 Å². The minimum atomic E-state index is -2.43. The van der Waals surface area contributed by atoms with Gasteiger partial charge in [-0.15, -0.1) is 0 Å². The number of unbranched alkanes of at least 4 members (excludes halogenated alkanes) is 10. The second-order valence-corrected chi connectivity index (χ2v) is 10.3. The summed E-state index contributed by atoms with van der Waals surface area (Å²) in [5.74, 6) is 0. The van der Waals surface area contributed by atoms with E-state index in [2.05, 4.69) is 26.0 Å². The van der Waals surface area contributed by atoms with Crippen LogP contribution in [0, 0.1) is 0 Å². The molecule has 0 aromatic rings. The van der Waals surface area contributed by atoms with Gasteiger partial charge in [0.1, 0.15) is 0 Å². The Morgan fingerprint density at radius 1 is 0.741 bits per heavy atom. The molecule has 4 heteroatoms. The Morgan fingerprint density at radius 2 is 1.22 bits per heavy atom. The van der Waals surface area contributed by atoms with Gasteiger partial charge in [-0.1, -0.05) is 75.5 Å². The highest BCUT2D eigenvalue weighted by atomic mass is 31.1. The molecule has 160 valence electrons. The summed E-state index contributed by atoms with van der Waals surface area (Å²) in [7, 11) is 3.63. The van der Waals surface area contributed by atoms with E-state index in [0.717, 1.165) is 38.5 Å². The van der Waals surface area contributed by atoms with Gasteiger partial charge in [0.25, 0.3) is 5.28 Å². The molecule has 0 radical (unpaired) electrons. The lowest BCUT2D eigenvalue weighted by Crippen LogP contribution is -2.55. The zero-order valence-electron chi connectivity index (χ0n) is 19.0. The third kappa shape index (κ3) is 11.4. The van der Waals surface area contributed by atoms with Crippen molar-refractivity contribution in [3.63, 3.8) is 0 Å². The quantitative estimate of drug-likeness (QED) is 0.108. The zero-order chi connectivity index (χ0) is 20.6. The maximum Gasteiger partial charge on any atom is 0.376 e. The standard InChI is InChI=1S/C23H47NO2P/c1-6-8-9-10-11-12-13-14-15-16-17-18-19-20-22-23(21-7-2,27(25)26)24(3,4)5/h16-17H,6-15,18-22H2,1-5H3/q+1/b17-16-. The van der Waals surface area contributed by atoms with E-state index in [1.165, 1.54) is 57.8 Å². The summed E-state index contributed by atoms with van der Waals surface area (Å²) in [6.45, 7) is 4.35. The van der Waals surface area contributed by atoms with E-state index in [9.17, 15) is 9.46 Å². The van der Waals surface area contributed by atoms with Crippen molar-refractivity contribution < 1.29 is 13.9 Å². The van der Waals surface area contributed by atoms with Gasteiger partial charge in [-0.2, -0.15) is 0 Å². The predicted octanol–water partition coefficient (Wildman–Crippen LogP) is 6.94. The van der Waals surface area contributed by atoms with Crippen LogP contribution in [0.5, 0.6) is 0 Å². The van der Waals surface area contributed by atoms with E-state index < -0.39 is 13.3 Å². The van der Waals surface area contributed by atoms with Gasteiger partial charge < -0.3 is 4.89 Å². The third-order valence-electron chi connectivity index (χ3n) is 5.83. The molecule has 0 fully saturated rings. The van der Waals surface area contributed by atoms with Gasteiger partial charge in [0.2, 0.25) is 0 Å². The minimum absolute atomic E-state index is 0.508. The number of hydrogen-bond donors (Lipinski definition) is 0. The van der Waals surface area contributed by atoms with E-state index in [1.54, 1.807) is 0 Å². The third-order valence-corrected chi connectivity index (χ3v) is 7.55. The highest BCUT2D eigenvalue weighted by Crippen LogP contribution is 2.45. The van der Waals surface area contributed by atoms with E-state index in [0.29, 0.717) is 4.48 Å². The smallest absolute Gasteiger partial charge is 0.376 e. The van der Waals surface area contributed by atoms with Gasteiger partial charge in [0.05, 0.1) is 21.1 Å². The van der Waals surface area contributed by atoms with Crippen molar-refractivity contribution in [2.24, 2.45) is 0 Å². The van der Waals surface area contributed by atoms with E-state index in [4.69, 9.17) is 0 Å². The molecular weight excluding hydrogens is 353 g/mol. The molecule has 0 spiro atoms. The minimum Gasteiger partial charge on any atom is -0.590 e. The summed E-state index contributed by atoms with van der Waals surface area (Å²) in [5.41, 5.74) is 0. The Bertz CT molecular complexity index is 404. The molecule has 3 nitrogen and oxygen atoms in total. The van der Waals surface area contributed by atoms with Crippen LogP contribution in [0.4, 0.5) is 0 Å². The molecule has 0 saturated heterocycles. The van der Waals surface area contributed by atoms with Crippen molar-refractivity contribution in [2.75, 3.05) is 21.1 Å². The van der Waals surface area contributed by atoms with Crippen LogP contribution in [0.1, 0.15) is 110 Å². The SMILES string of the molecule is CCCCCCCCCC/C=C\CCCCC(CCC)([P+](=O)[O-])[N+](C)(C)C. The Balaban J connectivity index is 3.90. The molecule has 0 aliphatic rings. The van der Waals surface area contributed by atoms with Gasteiger partial charge in [0.15, 0.2) is 0 Å². The average molecular weight is 401 g/mol. The Kier molecular flexibility index (Phi) is 15.5. The first-order valence-electron chi connectivity index (χ1n) is 11.4. The van der Waals surface area contributed by atoms with Crippen LogP contribution in [0.3, 0.4) is 0 Å². The fourth-order valence-corrected chi connectivity index (χ4v) is 5.16. The lowest BCUT2D eigenvalue weighted by Gasteiger charge is -2.39. The largest absolute Gasteiger partial charge is 0.590 e. The monoisotopic (exact) mass is 400 g/mol. The van der Waals surface area contributed by atoms with Crippen molar-refractivity contribution >= 4 is 8.03 Å². The summed E-state index contributed by atoms with van der Waals surface area (Å²) in [6, 6.07) is 0. The first-order valence-corrected chi connectivity index (χ1v) is 12.6. The van der Waals surface area contributed by atoms with E-state index in [-0.39, 0.29) is 0 Å². The number of nitrogens with zero attached hydrogens (tertiary/aromatic N) is 1. The molecule has 0 N–H and O–H groups in total. The van der Waals surface area contributed by atoms with Crippen LogP contribution in [0.15, 0.2) is 12.2 Å². The number of rotatable bonds is 18. The Labute approximate surface area is 171 Å². The molecule has 0 saturated carbocycles. The van der Waals surface area contributed by atoms with Crippen molar-refractivity contribution in [3.05, 3.63) is 12.2 Å². The van der Waals surface area contributed by atoms with Gasteiger partial charge >= 0.3 is 8.03 Å². The van der Waals surface area contributed by atoms with Gasteiger partial charge in [0, 0.05) is 12.8 Å². The fourth-order valence-electron chi connectivity index (χ4n) is 3.93. The highest BCUT2D eigenvalue weighted by molar-refractivity contribution is 7.38. The molecule has 0 rings (SSSR count). The van der Waals surface area contributed by atoms with Crippen molar-refractivity contribution in [1.29, 1.82) is 0 Å². The number of allylic oxidation sites excluding steroid dienone is 2. The maximum atomic E-state index is 12.0. The Morgan fingerprint density at radius 3 is 1.67 bits per heavy atom. The lowest BCUT2D eigenvalue weighted by atomic mass is 10.00. The van der Waals surface area contributed by atoms with Gasteiger partial charge in [-0.3, -0.25) is 4.48 Å². The summed E-state index contributed by atoms with van der Waals surface area (Å²) in [4.78, 5) is 12.0. The fraction of sp³-hybridized carbons (Fsp3) is 0.913. The van der Waals surface area contributed by atoms with Crippen LogP contribution < -0.4 is 4.89 Å². The Hall–Kier alpha value is -0.240. The second-order valence-electron chi connectivity index (χ2n) is 8.98. The molecule has 0 aromatic heterocycles. The summed E-state index contributed by atoms with van der Waals surface area (Å²) < 4.78 is 12.5. The molecule has 0 aliphatic carbocycles. The molecular formula is C23H47NO2P+.